The van der Waals surface area contributed by atoms with E-state index in [0.29, 0.717) is 5.69 Å². The molecule has 0 aliphatic rings. The van der Waals surface area contributed by atoms with Crippen LogP contribution in [-0.4, -0.2) is 23.0 Å². The van der Waals surface area contributed by atoms with E-state index in [0.717, 1.165) is 0 Å². The number of nitrogens with zero attached hydrogens (tertiary/aromatic N) is 2. The SMILES string of the molecule is CO[C@@](C)(C(=O)Nc1nccc(C)n1)c1ccccc1F. The van der Waals surface area contributed by atoms with Gasteiger partial charge in [0.25, 0.3) is 5.91 Å². The number of carbonyl (C=O) groups excluding carboxylic acids is 1. The average Bonchev–Trinajstić information content (AvgIpc) is 2.47. The van der Waals surface area contributed by atoms with E-state index in [-0.39, 0.29) is 11.5 Å². The fourth-order valence-electron chi connectivity index (χ4n) is 1.90. The lowest BCUT2D eigenvalue weighted by Crippen LogP contribution is -2.40. The van der Waals surface area contributed by atoms with Gasteiger partial charge in [0, 0.05) is 24.6 Å². The molecule has 0 bridgehead atoms. The summed E-state index contributed by atoms with van der Waals surface area (Å²) in [6.07, 6.45) is 1.53. The van der Waals surface area contributed by atoms with Crippen molar-refractivity contribution in [2.75, 3.05) is 12.4 Å². The van der Waals surface area contributed by atoms with Crippen molar-refractivity contribution in [1.82, 2.24) is 9.97 Å². The highest BCUT2D eigenvalue weighted by atomic mass is 19.1. The Morgan fingerprint density at radius 1 is 1.33 bits per heavy atom. The van der Waals surface area contributed by atoms with Crippen molar-refractivity contribution in [2.24, 2.45) is 0 Å². The molecule has 2 rings (SSSR count). The number of amides is 1. The first-order chi connectivity index (χ1) is 9.97. The first kappa shape index (κ1) is 15.1. The normalized spacial score (nSPS) is 13.5. The van der Waals surface area contributed by atoms with E-state index in [1.165, 1.54) is 32.4 Å². The lowest BCUT2D eigenvalue weighted by molar-refractivity contribution is -0.137. The number of halogens is 1. The number of benzene rings is 1. The molecule has 0 radical (unpaired) electrons. The van der Waals surface area contributed by atoms with E-state index in [1.54, 1.807) is 25.1 Å². The Morgan fingerprint density at radius 2 is 2.05 bits per heavy atom. The van der Waals surface area contributed by atoms with E-state index in [2.05, 4.69) is 15.3 Å². The van der Waals surface area contributed by atoms with Gasteiger partial charge in [-0.3, -0.25) is 10.1 Å². The molecular formula is C15H16FN3O2. The van der Waals surface area contributed by atoms with Gasteiger partial charge in [0.15, 0.2) is 5.60 Å². The summed E-state index contributed by atoms with van der Waals surface area (Å²) in [5, 5.41) is 2.55. The molecule has 1 N–H and O–H groups in total. The highest BCUT2D eigenvalue weighted by molar-refractivity contribution is 5.96. The van der Waals surface area contributed by atoms with Crippen LogP contribution in [-0.2, 0) is 15.1 Å². The molecule has 21 heavy (non-hydrogen) atoms. The standard InChI is InChI=1S/C15H16FN3O2/c1-10-8-9-17-14(18-10)19-13(20)15(2,21-3)11-6-4-5-7-12(11)16/h4-9H,1-3H3,(H,17,18,19,20)/t15-/m1/s1. The van der Waals surface area contributed by atoms with Gasteiger partial charge in [-0.2, -0.15) is 0 Å². The maximum absolute atomic E-state index is 13.9. The number of rotatable bonds is 4. The average molecular weight is 289 g/mol. The summed E-state index contributed by atoms with van der Waals surface area (Å²) < 4.78 is 19.2. The first-order valence-electron chi connectivity index (χ1n) is 6.38. The zero-order valence-electron chi connectivity index (χ0n) is 12.1. The zero-order valence-corrected chi connectivity index (χ0v) is 12.1. The van der Waals surface area contributed by atoms with Gasteiger partial charge < -0.3 is 4.74 Å². The van der Waals surface area contributed by atoms with Crippen LogP contribution in [0.1, 0.15) is 18.2 Å². The van der Waals surface area contributed by atoms with Crippen LogP contribution >= 0.6 is 0 Å². The van der Waals surface area contributed by atoms with Crippen LogP contribution in [0.4, 0.5) is 10.3 Å². The number of aromatic nitrogens is 2. The topological polar surface area (TPSA) is 64.1 Å². The molecule has 110 valence electrons. The molecule has 0 spiro atoms. The molecular weight excluding hydrogens is 273 g/mol. The summed E-state index contributed by atoms with van der Waals surface area (Å²) in [7, 11) is 1.35. The fourth-order valence-corrected chi connectivity index (χ4v) is 1.90. The lowest BCUT2D eigenvalue weighted by atomic mass is 9.94. The number of aryl methyl sites for hydroxylation is 1. The van der Waals surface area contributed by atoms with Crippen LogP contribution in [0, 0.1) is 12.7 Å². The van der Waals surface area contributed by atoms with Gasteiger partial charge in [-0.05, 0) is 26.0 Å². The Hall–Kier alpha value is -2.34. The summed E-state index contributed by atoms with van der Waals surface area (Å²) in [6, 6.07) is 7.70. The van der Waals surface area contributed by atoms with Crippen molar-refractivity contribution in [1.29, 1.82) is 0 Å². The largest absolute Gasteiger partial charge is 0.364 e. The van der Waals surface area contributed by atoms with E-state index >= 15 is 0 Å². The van der Waals surface area contributed by atoms with Crippen molar-refractivity contribution in [3.63, 3.8) is 0 Å². The maximum atomic E-state index is 13.9. The van der Waals surface area contributed by atoms with Gasteiger partial charge in [-0.1, -0.05) is 18.2 Å². The Bertz CT molecular complexity index is 663. The molecule has 1 heterocycles. The minimum atomic E-state index is -1.47. The van der Waals surface area contributed by atoms with Crippen molar-refractivity contribution >= 4 is 11.9 Å². The second kappa shape index (κ2) is 5.97. The van der Waals surface area contributed by atoms with Crippen molar-refractivity contribution in [3.05, 3.63) is 53.6 Å². The van der Waals surface area contributed by atoms with E-state index in [9.17, 15) is 9.18 Å². The van der Waals surface area contributed by atoms with E-state index < -0.39 is 17.3 Å². The third-order valence-electron chi connectivity index (χ3n) is 3.25. The molecule has 1 aromatic heterocycles. The number of methoxy groups -OCH3 is 1. The quantitative estimate of drug-likeness (QED) is 0.939. The Labute approximate surface area is 122 Å². The first-order valence-corrected chi connectivity index (χ1v) is 6.38. The van der Waals surface area contributed by atoms with Crippen LogP contribution in [0.25, 0.3) is 0 Å². The highest BCUT2D eigenvalue weighted by Gasteiger charge is 2.38. The van der Waals surface area contributed by atoms with Crippen LogP contribution in [0.5, 0.6) is 0 Å². The smallest absolute Gasteiger partial charge is 0.263 e. The zero-order chi connectivity index (χ0) is 15.5. The Kier molecular flexibility index (Phi) is 4.28. The molecule has 5 nitrogen and oxygen atoms in total. The summed E-state index contributed by atoms with van der Waals surface area (Å²) in [4.78, 5) is 20.5. The van der Waals surface area contributed by atoms with Gasteiger partial charge >= 0.3 is 0 Å². The van der Waals surface area contributed by atoms with Gasteiger partial charge in [-0.15, -0.1) is 0 Å². The van der Waals surface area contributed by atoms with Crippen LogP contribution in [0.15, 0.2) is 36.5 Å². The lowest BCUT2D eigenvalue weighted by Gasteiger charge is -2.27. The predicted molar refractivity (Wildman–Crippen MR) is 76.2 cm³/mol. The second-order valence-corrected chi connectivity index (χ2v) is 4.69. The molecule has 0 fully saturated rings. The van der Waals surface area contributed by atoms with Gasteiger partial charge in [0.1, 0.15) is 5.82 Å². The third kappa shape index (κ3) is 3.05. The number of ether oxygens (including phenoxy) is 1. The van der Waals surface area contributed by atoms with Gasteiger partial charge in [-0.25, -0.2) is 14.4 Å². The Morgan fingerprint density at radius 3 is 2.67 bits per heavy atom. The number of carbonyl (C=O) groups is 1. The molecule has 0 aliphatic heterocycles. The van der Waals surface area contributed by atoms with Crippen LogP contribution in [0.2, 0.25) is 0 Å². The van der Waals surface area contributed by atoms with Gasteiger partial charge in [0.05, 0.1) is 0 Å². The highest BCUT2D eigenvalue weighted by Crippen LogP contribution is 2.28. The molecule has 0 unspecified atom stereocenters. The molecule has 1 atom stereocenters. The van der Waals surface area contributed by atoms with Crippen molar-refractivity contribution in [3.8, 4) is 0 Å². The monoisotopic (exact) mass is 289 g/mol. The molecule has 0 aliphatic carbocycles. The number of anilines is 1. The van der Waals surface area contributed by atoms with Crippen LogP contribution in [0.3, 0.4) is 0 Å². The summed E-state index contributed by atoms with van der Waals surface area (Å²) in [6.45, 7) is 3.28. The molecule has 1 amide bonds. The summed E-state index contributed by atoms with van der Waals surface area (Å²) in [5.74, 6) is -0.900. The van der Waals surface area contributed by atoms with E-state index in [1.807, 2.05) is 0 Å². The number of nitrogens with one attached hydrogen (secondary N) is 1. The molecule has 0 saturated carbocycles. The minimum absolute atomic E-state index is 0.151. The fraction of sp³-hybridized carbons (Fsp3) is 0.267. The predicted octanol–water partition coefficient (Wildman–Crippen LogP) is 2.42. The number of hydrogen-bond donors (Lipinski definition) is 1. The summed E-state index contributed by atoms with van der Waals surface area (Å²) >= 11 is 0. The van der Waals surface area contributed by atoms with E-state index in [4.69, 9.17) is 4.74 Å². The van der Waals surface area contributed by atoms with Crippen LogP contribution < -0.4 is 5.32 Å². The maximum Gasteiger partial charge on any atom is 0.263 e. The molecule has 6 heteroatoms. The van der Waals surface area contributed by atoms with Crippen molar-refractivity contribution in [2.45, 2.75) is 19.4 Å². The van der Waals surface area contributed by atoms with Gasteiger partial charge in [0.2, 0.25) is 5.95 Å². The number of hydrogen-bond acceptors (Lipinski definition) is 4. The van der Waals surface area contributed by atoms with Crippen molar-refractivity contribution < 1.29 is 13.9 Å². The second-order valence-electron chi connectivity index (χ2n) is 4.69. The molecule has 1 aromatic carbocycles. The molecule has 2 aromatic rings. The minimum Gasteiger partial charge on any atom is -0.364 e. The third-order valence-corrected chi connectivity index (χ3v) is 3.25. The Balaban J connectivity index is 2.32. The molecule has 0 saturated heterocycles. The summed E-state index contributed by atoms with van der Waals surface area (Å²) in [5.41, 5.74) is -0.610.